The van der Waals surface area contributed by atoms with Crippen LogP contribution in [-0.4, -0.2) is 219 Å². The Kier molecular flexibility index (Phi) is 44.1. The first-order chi connectivity index (χ1) is 62.7. The van der Waals surface area contributed by atoms with Gasteiger partial charge in [-0.05, 0) is 171 Å². The Morgan fingerprint density at radius 2 is 1.18 bits per heavy atom. The van der Waals surface area contributed by atoms with Gasteiger partial charge in [-0.25, -0.2) is 0 Å². The molecule has 4 aromatic carbocycles. The Hall–Kier alpha value is -11.7. The molecule has 133 heavy (non-hydrogen) atoms. The summed E-state index contributed by atoms with van der Waals surface area (Å²) < 4.78 is 2.71. The quantitative estimate of drug-likeness (QED) is 0.0197. The van der Waals surface area contributed by atoms with Crippen molar-refractivity contribution in [2.45, 2.75) is 281 Å². The lowest BCUT2D eigenvalue weighted by Crippen LogP contribution is -2.63. The van der Waals surface area contributed by atoms with E-state index >= 15 is 28.8 Å². The van der Waals surface area contributed by atoms with Gasteiger partial charge in [0.15, 0.2) is 17.3 Å². The van der Waals surface area contributed by atoms with Crippen molar-refractivity contribution in [2.75, 3.05) is 32.8 Å². The number of amides is 14. The van der Waals surface area contributed by atoms with Gasteiger partial charge in [0, 0.05) is 111 Å². The van der Waals surface area contributed by atoms with Crippen molar-refractivity contribution in [1.29, 1.82) is 0 Å². The number of aromatic amines is 1. The van der Waals surface area contributed by atoms with Gasteiger partial charge in [0.05, 0.1) is 35.9 Å². The molecule has 0 spiro atoms. The molecule has 728 valence electrons. The second kappa shape index (κ2) is 53.3. The minimum absolute atomic E-state index is 0.0419. The van der Waals surface area contributed by atoms with Crippen molar-refractivity contribution in [1.82, 2.24) is 63.5 Å². The predicted molar refractivity (Wildman–Crippen MR) is 505 cm³/mol. The maximum absolute atomic E-state index is 16.5. The summed E-state index contributed by atoms with van der Waals surface area (Å²) in [4.78, 5) is 260. The number of Topliss-reactive ketones (excluding diaryl/α,β-unsaturated/α-hetero) is 4. The molecule has 13 atom stereocenters. The first-order valence-electron chi connectivity index (χ1n) is 45.1. The van der Waals surface area contributed by atoms with Crippen LogP contribution in [0.1, 0.15) is 207 Å². The van der Waals surface area contributed by atoms with Crippen molar-refractivity contribution < 1.29 is 96.1 Å². The predicted octanol–water partition coefficient (Wildman–Crippen LogP) is 2.95. The Morgan fingerprint density at radius 1 is 0.564 bits per heavy atom. The first kappa shape index (κ1) is 110. The second-order valence-corrected chi connectivity index (χ2v) is 39.2. The van der Waals surface area contributed by atoms with Gasteiger partial charge < -0.3 is 107 Å². The van der Waals surface area contributed by atoms with Gasteiger partial charge in [-0.1, -0.05) is 121 Å². The standard InChI is InChI=1S/C94H135N17O20S2/c1-53-23-21-27-67-65(52-102-79(53)67)46-72-87(126)105-70(29-14-12-13-24-54(2)112)86(125)111-81(92(7,8)132-133-93(9,10)82(103-58(6)116)90(129)108-73(50-78(98)121)88(127)110-80(55(3)113)89(128)107-72)75(118)48-63(43-59-32-35-66(36-33-59)131-42-39-96)84(123)106-71(45-60-31-34-61-25-15-16-26-62(61)44-60)76(119)51-94(11,37-18-19-38-95)91(130)109-68(28-17-20-40-100-56(4)114)74(117)47-64(49-77(97)120)85(124)104-69(83(99)122)30-22-41-101-57(5)115/h15-16,21,23,25-27,31-36,44,52,55,63-64,68-73,80-82,102,113H,12-14,17-20,22,24,28-30,37-43,45-51,95-96H2,1-11H3,(H2,97,120)(H2,98,121)(H2,99,122)(H,100,114)(H,101,115)(H,103,116)(H,104,124)(H,105,126)(H,106,123)(H,107,128)(H,108,129)(H,109,130)(H,110,127)(H,111,125)/t55-,63-,64+,68+,69+,70+,71+,72+,73+,80+,81-,82-,94-/m1/s1. The number of aliphatic hydroxyl groups is 1. The lowest BCUT2D eigenvalue weighted by molar-refractivity contribution is -0.140. The molecule has 1 fully saturated rings. The molecule has 39 heteroatoms. The smallest absolute Gasteiger partial charge is 0.245 e. The number of nitrogens with one attached hydrogen (secondary N) is 12. The maximum Gasteiger partial charge on any atom is 0.245 e. The molecule has 0 aliphatic carbocycles. The summed E-state index contributed by atoms with van der Waals surface area (Å²) in [5, 5.41) is 43.2. The van der Waals surface area contributed by atoms with Crippen LogP contribution >= 0.6 is 21.6 Å². The van der Waals surface area contributed by atoms with Crippen LogP contribution in [0.3, 0.4) is 0 Å². The number of fused-ring (bicyclic) bond motifs is 2. The molecule has 1 aromatic heterocycles. The summed E-state index contributed by atoms with van der Waals surface area (Å²) in [5.74, 6) is -17.4. The number of ketones is 4. The molecule has 6 rings (SSSR count). The largest absolute Gasteiger partial charge is 0.492 e. The number of nitrogens with two attached hydrogens (primary N) is 5. The summed E-state index contributed by atoms with van der Waals surface area (Å²) in [7, 11) is 1.91. The van der Waals surface area contributed by atoms with Crippen LogP contribution in [0, 0.1) is 24.2 Å². The third kappa shape index (κ3) is 36.0. The summed E-state index contributed by atoms with van der Waals surface area (Å²) in [5.41, 5.74) is 30.2. The van der Waals surface area contributed by atoms with Gasteiger partial charge >= 0.3 is 0 Å². The normalized spacial score (nSPS) is 19.1. The number of carbonyl (C=O) groups is 18. The highest BCUT2D eigenvalue weighted by Gasteiger charge is 2.47. The van der Waals surface area contributed by atoms with E-state index in [1.54, 1.807) is 76.4 Å². The first-order valence-corrected chi connectivity index (χ1v) is 47.2. The third-order valence-corrected chi connectivity index (χ3v) is 27.5. The van der Waals surface area contributed by atoms with Crippen molar-refractivity contribution in [3.8, 4) is 5.75 Å². The number of hydrogen-bond acceptors (Lipinski definition) is 24. The number of carbonyl (C=O) groups excluding carboxylic acids is 18. The monoisotopic (exact) mass is 1890 g/mol. The molecule has 37 nitrogen and oxygen atoms in total. The molecule has 14 amide bonds. The second-order valence-electron chi connectivity index (χ2n) is 35.7. The SMILES string of the molecule is CC(=O)CCCCC[C@@H]1NC(=O)[C@H](Cc2c[nH]c3c(C)cccc23)NC(=O)[C@H]([C@@H](C)O)NC(=O)[C@H](CC(N)=O)NC(=O)[C@@H](NC(C)=O)C(C)(C)SSC(C)(C)[C@@H](C(=O)C[C@@H](Cc2ccc(OCCN)cc2)C(=O)N[C@@H](Cc2ccc3ccccc3c2)C(=O)C[C@@](C)(CCCCN)C(=O)N[C@@H](CCCCNC(C)=O)C(=O)C[C@@H](CC(N)=O)C(=O)N[C@@H](CCCNC(C)=O)C(N)=O)NC1=O. The van der Waals surface area contributed by atoms with Gasteiger partial charge in [-0.15, -0.1) is 0 Å². The fourth-order valence-corrected chi connectivity index (χ4v) is 18.6. The summed E-state index contributed by atoms with van der Waals surface area (Å²) in [6.45, 7) is 16.7. The van der Waals surface area contributed by atoms with Gasteiger partial charge in [0.1, 0.15) is 60.4 Å². The minimum atomic E-state index is -1.91. The molecule has 1 saturated heterocycles. The van der Waals surface area contributed by atoms with Crippen molar-refractivity contribution in [2.24, 2.45) is 45.9 Å². The molecule has 0 radical (unpaired) electrons. The highest BCUT2D eigenvalue weighted by atomic mass is 33.1. The van der Waals surface area contributed by atoms with Crippen molar-refractivity contribution >= 4 is 149 Å². The molecule has 0 unspecified atom stereocenters. The highest BCUT2D eigenvalue weighted by molar-refractivity contribution is 8.77. The lowest BCUT2D eigenvalue weighted by atomic mass is 9.77. The number of benzene rings is 4. The van der Waals surface area contributed by atoms with Gasteiger partial charge in [0.2, 0.25) is 82.7 Å². The van der Waals surface area contributed by atoms with E-state index in [0.29, 0.717) is 59.0 Å². The number of aliphatic hydroxyl groups excluding tert-OH is 1. The van der Waals surface area contributed by atoms with Crippen molar-refractivity contribution in [3.05, 3.63) is 113 Å². The molecule has 0 bridgehead atoms. The lowest BCUT2D eigenvalue weighted by Gasteiger charge is -2.39. The van der Waals surface area contributed by atoms with Crippen LogP contribution in [-0.2, 0) is 106 Å². The average Bonchev–Trinajstić information content (AvgIpc) is 1.77. The van der Waals surface area contributed by atoms with E-state index in [4.69, 9.17) is 33.4 Å². The number of para-hydroxylation sites is 1. The van der Waals surface area contributed by atoms with E-state index in [9.17, 15) is 62.6 Å². The molecule has 1 aliphatic heterocycles. The number of aryl methyl sites for hydroxylation is 1. The average molecular weight is 1890 g/mol. The summed E-state index contributed by atoms with van der Waals surface area (Å²) >= 11 is 0. The zero-order valence-corrected chi connectivity index (χ0v) is 79.5. The van der Waals surface area contributed by atoms with E-state index in [2.05, 4.69) is 63.5 Å². The fraction of sp³-hybridized carbons (Fsp3) is 0.553. The molecule has 1 aliphatic rings. The minimum Gasteiger partial charge on any atom is -0.492 e. The number of primary amides is 3. The van der Waals surface area contributed by atoms with Crippen LogP contribution in [0.5, 0.6) is 5.75 Å². The number of H-pyrrole nitrogens is 1. The molecular weight excluding hydrogens is 1750 g/mol. The van der Waals surface area contributed by atoms with E-state index in [0.717, 1.165) is 51.8 Å². The molecule has 0 saturated carbocycles. The summed E-state index contributed by atoms with van der Waals surface area (Å²) in [6, 6.07) is 10.1. The van der Waals surface area contributed by atoms with Crippen molar-refractivity contribution in [3.63, 3.8) is 0 Å². The van der Waals surface area contributed by atoms with E-state index < -0.39 is 208 Å². The number of hydrogen-bond donors (Lipinski definition) is 18. The van der Waals surface area contributed by atoms with Gasteiger partial charge in [-0.3, -0.25) is 81.5 Å². The number of rotatable bonds is 50. The fourth-order valence-electron chi connectivity index (χ4n) is 15.7. The number of aromatic nitrogens is 1. The maximum atomic E-state index is 16.5. The van der Waals surface area contributed by atoms with Crippen LogP contribution in [0.15, 0.2) is 91.1 Å². The number of ether oxygens (including phenoxy) is 1. The zero-order valence-electron chi connectivity index (χ0n) is 77.9. The Labute approximate surface area is 783 Å². The Bertz CT molecular complexity index is 4950. The molecular formula is C94H135N17O20S2. The molecule has 5 aromatic rings. The van der Waals surface area contributed by atoms with Gasteiger partial charge in [-0.2, -0.15) is 0 Å². The van der Waals surface area contributed by atoms with E-state index in [-0.39, 0.29) is 127 Å². The molecule has 23 N–H and O–H groups in total. The van der Waals surface area contributed by atoms with E-state index in [1.807, 2.05) is 49.4 Å². The Balaban J connectivity index is 1.53. The number of unbranched alkanes of at least 4 members (excludes halogenated alkanes) is 4. The molecule has 2 heterocycles. The van der Waals surface area contributed by atoms with Crippen LogP contribution in [0.25, 0.3) is 21.7 Å². The van der Waals surface area contributed by atoms with Crippen LogP contribution in [0.4, 0.5) is 0 Å². The third-order valence-electron chi connectivity index (χ3n) is 23.2. The zero-order chi connectivity index (χ0) is 98.6. The van der Waals surface area contributed by atoms with Crippen LogP contribution in [0.2, 0.25) is 0 Å². The topological polar surface area (TPSA) is 615 Å². The Morgan fingerprint density at radius 3 is 1.81 bits per heavy atom. The van der Waals surface area contributed by atoms with E-state index in [1.165, 1.54) is 27.7 Å². The summed E-state index contributed by atoms with van der Waals surface area (Å²) in [6.07, 6.45) is -2.52. The highest BCUT2D eigenvalue weighted by Crippen LogP contribution is 2.47. The van der Waals surface area contributed by atoms with Gasteiger partial charge in [0.25, 0.3) is 0 Å². The van der Waals surface area contributed by atoms with Crippen LogP contribution < -0.4 is 91.9 Å².